The molecule has 1 atom stereocenters. The van der Waals surface area contributed by atoms with Gasteiger partial charge in [0.25, 0.3) is 5.91 Å². The zero-order valence-electron chi connectivity index (χ0n) is 16.5. The molecule has 0 fully saturated rings. The van der Waals surface area contributed by atoms with E-state index in [1.54, 1.807) is 18.5 Å². The highest BCUT2D eigenvalue weighted by Gasteiger charge is 2.35. The van der Waals surface area contributed by atoms with E-state index >= 15 is 0 Å². The number of carboxylic acid groups (broad SMARTS) is 1. The Kier molecular flexibility index (Phi) is 6.78. The molecule has 0 spiro atoms. The van der Waals surface area contributed by atoms with Gasteiger partial charge in [0.05, 0.1) is 6.54 Å². The molecule has 0 saturated carbocycles. The van der Waals surface area contributed by atoms with E-state index in [4.69, 9.17) is 11.5 Å². The molecule has 2 aromatic carbocycles. The van der Waals surface area contributed by atoms with Gasteiger partial charge < -0.3 is 26.5 Å². The zero-order chi connectivity index (χ0) is 21.6. The molecular weight excluding hydrogens is 384 g/mol. The molecule has 9 nitrogen and oxygen atoms in total. The second-order valence-electron chi connectivity index (χ2n) is 7.08. The molecule has 9 heteroatoms. The monoisotopic (exact) mass is 410 g/mol. The second kappa shape index (κ2) is 9.49. The third-order valence-corrected chi connectivity index (χ3v) is 4.92. The molecule has 3 rings (SSSR count). The molecule has 0 bridgehead atoms. The normalized spacial score (nSPS) is 13.1. The van der Waals surface area contributed by atoms with Crippen LogP contribution in [0.15, 0.2) is 48.8 Å². The Hall–Kier alpha value is -3.27. The maximum Gasteiger partial charge on any atom is 0.344 e. The van der Waals surface area contributed by atoms with E-state index in [9.17, 15) is 14.7 Å². The van der Waals surface area contributed by atoms with Gasteiger partial charge in [0.1, 0.15) is 5.82 Å². The van der Waals surface area contributed by atoms with Crippen molar-refractivity contribution in [2.45, 2.75) is 31.6 Å². The number of benzene rings is 2. The van der Waals surface area contributed by atoms with E-state index in [2.05, 4.69) is 20.6 Å². The molecule has 8 N–H and O–H groups in total. The first-order valence-electron chi connectivity index (χ1n) is 9.69. The standard InChI is InChI=1S/C21H26N6O3/c22-9-3-8-21(23,20(29)30)27-19(28)17-7-6-14(15-4-1-2-5-16(15)17)12-24-13-18-25-10-11-26-18/h1-2,4-7,10-11,24H,3,8-9,12-13,22-23H2,(H,25,26)(H,27,28)(H,29,30)/t21-/m1/s1. The van der Waals surface area contributed by atoms with Gasteiger partial charge in [0.15, 0.2) is 5.66 Å². The van der Waals surface area contributed by atoms with Gasteiger partial charge in [-0.2, -0.15) is 0 Å². The van der Waals surface area contributed by atoms with Crippen LogP contribution in [0.3, 0.4) is 0 Å². The smallest absolute Gasteiger partial charge is 0.344 e. The molecule has 0 aliphatic rings. The summed E-state index contributed by atoms with van der Waals surface area (Å²) in [6, 6.07) is 11.0. The van der Waals surface area contributed by atoms with Crippen LogP contribution in [0.1, 0.15) is 34.6 Å². The van der Waals surface area contributed by atoms with Crippen LogP contribution in [-0.4, -0.2) is 39.2 Å². The Labute approximate surface area is 173 Å². The van der Waals surface area contributed by atoms with Crippen LogP contribution in [0.25, 0.3) is 10.8 Å². The van der Waals surface area contributed by atoms with Crippen LogP contribution in [0.4, 0.5) is 0 Å². The van der Waals surface area contributed by atoms with Gasteiger partial charge in [0.2, 0.25) is 0 Å². The summed E-state index contributed by atoms with van der Waals surface area (Å²) in [6.07, 6.45) is 3.88. The summed E-state index contributed by atoms with van der Waals surface area (Å²) >= 11 is 0. The molecule has 1 heterocycles. The Balaban J connectivity index is 1.82. The lowest BCUT2D eigenvalue weighted by Crippen LogP contribution is -2.61. The number of amides is 1. The predicted octanol–water partition coefficient (Wildman–Crippen LogP) is 1.06. The van der Waals surface area contributed by atoms with Crippen molar-refractivity contribution in [2.24, 2.45) is 11.5 Å². The van der Waals surface area contributed by atoms with Crippen molar-refractivity contribution >= 4 is 22.6 Å². The molecule has 0 saturated heterocycles. The summed E-state index contributed by atoms with van der Waals surface area (Å²) < 4.78 is 0. The van der Waals surface area contributed by atoms with Crippen molar-refractivity contribution in [2.75, 3.05) is 6.54 Å². The van der Waals surface area contributed by atoms with Gasteiger partial charge in [-0.1, -0.05) is 30.3 Å². The number of aliphatic carboxylic acids is 1. The highest BCUT2D eigenvalue weighted by Crippen LogP contribution is 2.24. The van der Waals surface area contributed by atoms with Crippen LogP contribution >= 0.6 is 0 Å². The topological polar surface area (TPSA) is 159 Å². The lowest BCUT2D eigenvalue weighted by Gasteiger charge is -2.26. The average Bonchev–Trinajstić information content (AvgIpc) is 3.25. The molecule has 1 aromatic heterocycles. The number of hydrogen-bond acceptors (Lipinski definition) is 6. The molecule has 158 valence electrons. The molecule has 0 unspecified atom stereocenters. The van der Waals surface area contributed by atoms with Crippen LogP contribution in [-0.2, 0) is 17.9 Å². The summed E-state index contributed by atoms with van der Waals surface area (Å²) in [6.45, 7) is 1.44. The molecule has 30 heavy (non-hydrogen) atoms. The number of rotatable bonds is 10. The highest BCUT2D eigenvalue weighted by molar-refractivity contribution is 6.09. The lowest BCUT2D eigenvalue weighted by atomic mass is 9.97. The van der Waals surface area contributed by atoms with Crippen molar-refractivity contribution in [3.05, 3.63) is 65.7 Å². The predicted molar refractivity (Wildman–Crippen MR) is 113 cm³/mol. The fourth-order valence-corrected chi connectivity index (χ4v) is 3.30. The molecule has 0 aliphatic heterocycles. The van der Waals surface area contributed by atoms with Crippen molar-refractivity contribution in [3.8, 4) is 0 Å². The first kappa shape index (κ1) is 21.4. The Morgan fingerprint density at radius 3 is 2.57 bits per heavy atom. The molecular formula is C21H26N6O3. The van der Waals surface area contributed by atoms with Gasteiger partial charge in [-0.15, -0.1) is 0 Å². The van der Waals surface area contributed by atoms with Crippen molar-refractivity contribution < 1.29 is 14.7 Å². The summed E-state index contributed by atoms with van der Waals surface area (Å²) in [5.41, 5.74) is 10.9. The SMILES string of the molecule is NCCC[C@@](N)(NC(=O)c1ccc(CNCc2ncc[nH]2)c2ccccc12)C(=O)O. The number of fused-ring (bicyclic) bond motifs is 1. The van der Waals surface area contributed by atoms with E-state index in [0.29, 0.717) is 25.1 Å². The zero-order valence-corrected chi connectivity index (χ0v) is 16.5. The summed E-state index contributed by atoms with van der Waals surface area (Å²) in [4.78, 5) is 31.8. The summed E-state index contributed by atoms with van der Waals surface area (Å²) in [7, 11) is 0. The van der Waals surface area contributed by atoms with Gasteiger partial charge in [-0.3, -0.25) is 10.5 Å². The maximum absolute atomic E-state index is 12.9. The molecule has 1 amide bonds. The Bertz CT molecular complexity index is 1020. The minimum atomic E-state index is -1.87. The number of aromatic amines is 1. The number of aromatic nitrogens is 2. The Morgan fingerprint density at radius 2 is 1.90 bits per heavy atom. The number of carbonyl (C=O) groups is 2. The molecule has 3 aromatic rings. The van der Waals surface area contributed by atoms with E-state index in [1.165, 1.54) is 0 Å². The number of imidazole rings is 1. The number of carbonyl (C=O) groups excluding carboxylic acids is 1. The first-order chi connectivity index (χ1) is 14.4. The fraction of sp³-hybridized carbons (Fsp3) is 0.286. The minimum absolute atomic E-state index is 0.0390. The van der Waals surface area contributed by atoms with Gasteiger partial charge in [-0.05, 0) is 41.8 Å². The second-order valence-corrected chi connectivity index (χ2v) is 7.08. The minimum Gasteiger partial charge on any atom is -0.478 e. The van der Waals surface area contributed by atoms with Crippen molar-refractivity contribution in [1.82, 2.24) is 20.6 Å². The maximum atomic E-state index is 12.9. The lowest BCUT2D eigenvalue weighted by molar-refractivity contribution is -0.144. The van der Waals surface area contributed by atoms with E-state index in [-0.39, 0.29) is 13.0 Å². The number of nitrogens with one attached hydrogen (secondary N) is 3. The van der Waals surface area contributed by atoms with Crippen molar-refractivity contribution in [3.63, 3.8) is 0 Å². The number of nitrogens with two attached hydrogens (primary N) is 2. The van der Waals surface area contributed by atoms with E-state index < -0.39 is 17.5 Å². The number of nitrogens with zero attached hydrogens (tertiary/aromatic N) is 1. The Morgan fingerprint density at radius 1 is 1.13 bits per heavy atom. The first-order valence-corrected chi connectivity index (χ1v) is 9.69. The van der Waals surface area contributed by atoms with Crippen LogP contribution in [0.2, 0.25) is 0 Å². The van der Waals surface area contributed by atoms with Crippen LogP contribution in [0, 0.1) is 0 Å². The van der Waals surface area contributed by atoms with Crippen LogP contribution in [0.5, 0.6) is 0 Å². The molecule has 0 aliphatic carbocycles. The summed E-state index contributed by atoms with van der Waals surface area (Å²) in [5, 5.41) is 16.9. The highest BCUT2D eigenvalue weighted by atomic mass is 16.4. The van der Waals surface area contributed by atoms with Gasteiger partial charge in [0, 0.05) is 24.5 Å². The van der Waals surface area contributed by atoms with Gasteiger partial charge >= 0.3 is 5.97 Å². The largest absolute Gasteiger partial charge is 0.478 e. The third kappa shape index (κ3) is 4.82. The quantitative estimate of drug-likeness (QED) is 0.273. The third-order valence-electron chi connectivity index (χ3n) is 4.92. The molecule has 0 radical (unpaired) electrons. The number of carboxylic acids is 1. The van der Waals surface area contributed by atoms with Gasteiger partial charge in [-0.25, -0.2) is 9.78 Å². The van der Waals surface area contributed by atoms with E-state index in [1.807, 2.05) is 30.3 Å². The van der Waals surface area contributed by atoms with Crippen molar-refractivity contribution in [1.29, 1.82) is 0 Å². The van der Waals surface area contributed by atoms with Crippen LogP contribution < -0.4 is 22.1 Å². The number of hydrogen-bond donors (Lipinski definition) is 6. The average molecular weight is 410 g/mol. The van der Waals surface area contributed by atoms with E-state index in [0.717, 1.165) is 22.2 Å². The number of H-pyrrole nitrogens is 1. The fourth-order valence-electron chi connectivity index (χ4n) is 3.30. The summed E-state index contributed by atoms with van der Waals surface area (Å²) in [5.74, 6) is -1.00.